The number of aromatic nitrogens is 3. The zero-order chi connectivity index (χ0) is 17.2. The molecule has 0 saturated heterocycles. The zero-order valence-electron chi connectivity index (χ0n) is 14.5. The first kappa shape index (κ1) is 15.2. The topological polar surface area (TPSA) is 76.5 Å². The number of nitrogens with one attached hydrogen (secondary N) is 1. The Balaban J connectivity index is 1.58. The summed E-state index contributed by atoms with van der Waals surface area (Å²) in [5, 5.41) is 3.29. The van der Waals surface area contributed by atoms with Crippen LogP contribution in [0.1, 0.15) is 61.5 Å². The Morgan fingerprint density at radius 1 is 1.28 bits per heavy atom. The first-order chi connectivity index (χ1) is 12.1. The van der Waals surface area contributed by atoms with Gasteiger partial charge in [0.15, 0.2) is 5.65 Å². The van der Waals surface area contributed by atoms with Crippen LogP contribution in [0.2, 0.25) is 0 Å². The number of ether oxygens (including phenoxy) is 1. The van der Waals surface area contributed by atoms with Crippen LogP contribution in [-0.4, -0.2) is 27.2 Å². The molecule has 6 heteroatoms. The number of hydrogen-bond donors (Lipinski definition) is 1. The van der Waals surface area contributed by atoms with Crippen molar-refractivity contribution in [3.05, 3.63) is 33.9 Å². The van der Waals surface area contributed by atoms with Crippen LogP contribution in [-0.2, 0) is 10.2 Å². The summed E-state index contributed by atoms with van der Waals surface area (Å²) in [7, 11) is 0. The molecule has 0 atom stereocenters. The highest BCUT2D eigenvalue weighted by atomic mass is 16.5. The summed E-state index contributed by atoms with van der Waals surface area (Å²) in [4.78, 5) is 28.9. The Hall–Kier alpha value is -2.11. The van der Waals surface area contributed by atoms with Crippen molar-refractivity contribution in [2.45, 2.75) is 50.9 Å². The molecule has 4 fully saturated rings. The molecule has 4 aliphatic carbocycles. The Morgan fingerprint density at radius 3 is 2.52 bits per heavy atom. The SMILES string of the molecule is CCOC(=O)c1cnc2cc(C34CC5CC(CC(C5)C3)C4)[nH]n2c1=O. The van der Waals surface area contributed by atoms with Crippen molar-refractivity contribution in [3.8, 4) is 0 Å². The molecule has 1 N–H and O–H groups in total. The fraction of sp³-hybridized carbons (Fsp3) is 0.632. The zero-order valence-corrected chi connectivity index (χ0v) is 14.5. The maximum Gasteiger partial charge on any atom is 0.345 e. The van der Waals surface area contributed by atoms with Gasteiger partial charge in [-0.05, 0) is 63.2 Å². The molecule has 4 aliphatic rings. The molecule has 2 heterocycles. The Bertz CT molecular complexity index is 875. The van der Waals surface area contributed by atoms with E-state index in [0.717, 1.165) is 23.4 Å². The van der Waals surface area contributed by atoms with E-state index in [4.69, 9.17) is 4.74 Å². The number of H-pyrrole nitrogens is 1. The third-order valence-electron chi connectivity index (χ3n) is 6.60. The lowest BCUT2D eigenvalue weighted by Crippen LogP contribution is -2.48. The molecular formula is C19H23N3O3. The average Bonchev–Trinajstić information content (AvgIpc) is 3.00. The second kappa shape index (κ2) is 5.19. The van der Waals surface area contributed by atoms with Crippen LogP contribution in [0, 0.1) is 17.8 Å². The van der Waals surface area contributed by atoms with Gasteiger partial charge < -0.3 is 4.74 Å². The van der Waals surface area contributed by atoms with E-state index in [9.17, 15) is 9.59 Å². The molecular weight excluding hydrogens is 318 g/mol. The molecule has 6 rings (SSSR count). The summed E-state index contributed by atoms with van der Waals surface area (Å²) in [6.45, 7) is 1.96. The van der Waals surface area contributed by atoms with Crippen LogP contribution in [0.3, 0.4) is 0 Å². The van der Waals surface area contributed by atoms with E-state index in [2.05, 4.69) is 10.1 Å². The predicted octanol–water partition coefficient (Wildman–Crippen LogP) is 2.67. The molecule has 2 aromatic heterocycles. The smallest absolute Gasteiger partial charge is 0.345 e. The van der Waals surface area contributed by atoms with Gasteiger partial charge in [0.05, 0.1) is 6.61 Å². The molecule has 4 saturated carbocycles. The normalized spacial score (nSPS) is 33.1. The largest absolute Gasteiger partial charge is 0.462 e. The van der Waals surface area contributed by atoms with Crippen molar-refractivity contribution in [1.82, 2.24) is 14.6 Å². The van der Waals surface area contributed by atoms with Crippen molar-refractivity contribution in [1.29, 1.82) is 0 Å². The number of carbonyl (C=O) groups excluding carboxylic acids is 1. The minimum absolute atomic E-state index is 0.0155. The molecule has 0 radical (unpaired) electrons. The van der Waals surface area contributed by atoms with E-state index in [-0.39, 0.29) is 23.1 Å². The Labute approximate surface area is 145 Å². The maximum atomic E-state index is 12.7. The third kappa shape index (κ3) is 2.19. The van der Waals surface area contributed by atoms with Crippen LogP contribution < -0.4 is 5.56 Å². The molecule has 0 spiro atoms. The fourth-order valence-corrected chi connectivity index (χ4v) is 6.02. The number of nitrogens with zero attached hydrogens (tertiary/aromatic N) is 2. The van der Waals surface area contributed by atoms with Gasteiger partial charge >= 0.3 is 5.97 Å². The maximum absolute atomic E-state index is 12.7. The lowest BCUT2D eigenvalue weighted by atomic mass is 9.49. The van der Waals surface area contributed by atoms with Crippen LogP contribution in [0.15, 0.2) is 17.1 Å². The molecule has 0 amide bonds. The standard InChI is InChI=1S/C19H23N3O3/c1-2-25-18(24)14-10-20-16-6-15(21-22(16)17(14)23)19-7-11-3-12(8-19)5-13(4-11)9-19/h6,10-13,21H,2-5,7-9H2,1H3. The molecule has 132 valence electrons. The molecule has 25 heavy (non-hydrogen) atoms. The van der Waals surface area contributed by atoms with Gasteiger partial charge in [-0.25, -0.2) is 14.3 Å². The summed E-state index contributed by atoms with van der Waals surface area (Å²) >= 11 is 0. The predicted molar refractivity (Wildman–Crippen MR) is 91.6 cm³/mol. The Morgan fingerprint density at radius 2 is 1.92 bits per heavy atom. The molecule has 0 aromatic carbocycles. The molecule has 0 unspecified atom stereocenters. The van der Waals surface area contributed by atoms with Crippen molar-refractivity contribution in [2.75, 3.05) is 6.61 Å². The van der Waals surface area contributed by atoms with Crippen LogP contribution in [0.5, 0.6) is 0 Å². The fourth-order valence-electron chi connectivity index (χ4n) is 6.02. The van der Waals surface area contributed by atoms with Gasteiger partial charge in [-0.2, -0.15) is 0 Å². The lowest BCUT2D eigenvalue weighted by molar-refractivity contribution is -0.00731. The van der Waals surface area contributed by atoms with Gasteiger partial charge in [-0.15, -0.1) is 0 Å². The van der Waals surface area contributed by atoms with Gasteiger partial charge in [0.25, 0.3) is 5.56 Å². The minimum Gasteiger partial charge on any atom is -0.462 e. The molecule has 0 aliphatic heterocycles. The van der Waals surface area contributed by atoms with Crippen molar-refractivity contribution in [2.24, 2.45) is 17.8 Å². The van der Waals surface area contributed by atoms with Crippen molar-refractivity contribution >= 4 is 11.6 Å². The van der Waals surface area contributed by atoms with Gasteiger partial charge in [0.1, 0.15) is 5.56 Å². The highest BCUT2D eigenvalue weighted by Gasteiger charge is 2.52. The van der Waals surface area contributed by atoms with Gasteiger partial charge in [-0.3, -0.25) is 9.89 Å². The third-order valence-corrected chi connectivity index (χ3v) is 6.60. The van der Waals surface area contributed by atoms with E-state index >= 15 is 0 Å². The first-order valence-electron chi connectivity index (χ1n) is 9.36. The summed E-state index contributed by atoms with van der Waals surface area (Å²) in [5.41, 5.74) is 1.48. The van der Waals surface area contributed by atoms with Crippen molar-refractivity contribution < 1.29 is 9.53 Å². The van der Waals surface area contributed by atoms with Gasteiger partial charge in [0, 0.05) is 23.4 Å². The van der Waals surface area contributed by atoms with Gasteiger partial charge in [-0.1, -0.05) is 0 Å². The highest BCUT2D eigenvalue weighted by Crippen LogP contribution is 2.60. The highest BCUT2D eigenvalue weighted by molar-refractivity contribution is 5.88. The Kier molecular flexibility index (Phi) is 3.15. The summed E-state index contributed by atoms with van der Waals surface area (Å²) in [6.07, 6.45) is 9.12. The lowest BCUT2D eigenvalue weighted by Gasteiger charge is -2.56. The van der Waals surface area contributed by atoms with Crippen molar-refractivity contribution in [3.63, 3.8) is 0 Å². The molecule has 2 aromatic rings. The van der Waals surface area contributed by atoms with E-state index in [1.807, 2.05) is 6.07 Å². The molecule has 6 nitrogen and oxygen atoms in total. The summed E-state index contributed by atoms with van der Waals surface area (Å²) in [6, 6.07) is 2.02. The van der Waals surface area contributed by atoms with Crippen LogP contribution in [0.25, 0.3) is 5.65 Å². The monoisotopic (exact) mass is 341 g/mol. The van der Waals surface area contributed by atoms with E-state index in [1.165, 1.54) is 49.2 Å². The number of rotatable bonds is 3. The van der Waals surface area contributed by atoms with Gasteiger partial charge in [0.2, 0.25) is 0 Å². The quantitative estimate of drug-likeness (QED) is 0.871. The average molecular weight is 341 g/mol. The number of carbonyl (C=O) groups is 1. The summed E-state index contributed by atoms with van der Waals surface area (Å²) in [5.74, 6) is 1.88. The minimum atomic E-state index is -0.611. The number of aromatic amines is 1. The second-order valence-electron chi connectivity index (χ2n) is 8.26. The van der Waals surface area contributed by atoms with Crippen LogP contribution >= 0.6 is 0 Å². The number of hydrogen-bond acceptors (Lipinski definition) is 4. The molecule has 4 bridgehead atoms. The van der Waals surface area contributed by atoms with E-state index in [0.29, 0.717) is 5.65 Å². The van der Waals surface area contributed by atoms with Crippen LogP contribution in [0.4, 0.5) is 0 Å². The first-order valence-corrected chi connectivity index (χ1v) is 9.36. The van der Waals surface area contributed by atoms with E-state index in [1.54, 1.807) is 6.92 Å². The van der Waals surface area contributed by atoms with E-state index < -0.39 is 5.97 Å². The second-order valence-corrected chi connectivity index (χ2v) is 8.26. The number of fused-ring (bicyclic) bond motifs is 1. The number of esters is 1. The summed E-state index contributed by atoms with van der Waals surface area (Å²) < 4.78 is 6.38.